The van der Waals surface area contributed by atoms with Crippen molar-refractivity contribution in [1.29, 1.82) is 5.41 Å². The number of carbonyl (C=O) groups excluding carboxylic acids is 1. The molecule has 0 heterocycles. The second kappa shape index (κ2) is 10.3. The van der Waals surface area contributed by atoms with Gasteiger partial charge in [-0.3, -0.25) is 10.2 Å². The van der Waals surface area contributed by atoms with E-state index in [1.54, 1.807) is 0 Å². The summed E-state index contributed by atoms with van der Waals surface area (Å²) >= 11 is 0. The van der Waals surface area contributed by atoms with Crippen LogP contribution in [0.25, 0.3) is 0 Å². The Labute approximate surface area is 158 Å². The fourth-order valence-corrected chi connectivity index (χ4v) is 3.39. The van der Waals surface area contributed by atoms with E-state index in [4.69, 9.17) is 11.1 Å². The van der Waals surface area contributed by atoms with Gasteiger partial charge in [-0.15, -0.1) is 0 Å². The highest BCUT2D eigenvalue weighted by molar-refractivity contribution is 6.13. The van der Waals surface area contributed by atoms with Gasteiger partial charge in [0.2, 0.25) is 5.91 Å². The lowest BCUT2D eigenvalue weighted by Gasteiger charge is -2.13. The van der Waals surface area contributed by atoms with Gasteiger partial charge in [-0.1, -0.05) is 70.4 Å². The van der Waals surface area contributed by atoms with E-state index in [1.807, 2.05) is 12.1 Å². The summed E-state index contributed by atoms with van der Waals surface area (Å²) in [6.07, 6.45) is 14.6. The molecule has 0 spiro atoms. The lowest BCUT2D eigenvalue weighted by molar-refractivity contribution is -0.119. The van der Waals surface area contributed by atoms with E-state index in [0.717, 1.165) is 12.1 Å². The van der Waals surface area contributed by atoms with E-state index in [2.05, 4.69) is 24.4 Å². The quantitative estimate of drug-likeness (QED) is 0.250. The van der Waals surface area contributed by atoms with Crippen LogP contribution in [0.15, 0.2) is 24.3 Å². The Balaban J connectivity index is 1.61. The molecule has 1 aromatic carbocycles. The first-order valence-corrected chi connectivity index (χ1v) is 10.3. The van der Waals surface area contributed by atoms with Gasteiger partial charge in [0.15, 0.2) is 0 Å². The summed E-state index contributed by atoms with van der Waals surface area (Å²) in [4.78, 5) is 12.2. The van der Waals surface area contributed by atoms with Crippen molar-refractivity contribution in [2.75, 3.05) is 5.32 Å². The number of nitrogens with one attached hydrogen (secondary N) is 2. The normalized spacial score (nSPS) is 14.8. The molecule has 1 aliphatic rings. The van der Waals surface area contributed by atoms with Crippen molar-refractivity contribution in [3.8, 4) is 0 Å². The number of rotatable bonds is 13. The summed E-state index contributed by atoms with van der Waals surface area (Å²) in [5.74, 6) is -0.159. The molecule has 4 heteroatoms. The largest absolute Gasteiger partial charge is 0.387 e. The van der Waals surface area contributed by atoms with Gasteiger partial charge in [0.25, 0.3) is 0 Å². The maximum atomic E-state index is 12.2. The van der Waals surface area contributed by atoms with Crippen molar-refractivity contribution < 1.29 is 4.79 Å². The summed E-state index contributed by atoms with van der Waals surface area (Å²) in [5.41, 5.74) is 6.92. The van der Waals surface area contributed by atoms with Crippen LogP contribution in [-0.4, -0.2) is 11.7 Å². The first-order chi connectivity index (χ1) is 12.6. The predicted octanol–water partition coefficient (Wildman–Crippen LogP) is 5.41. The van der Waals surface area contributed by atoms with Crippen LogP contribution < -0.4 is 11.1 Å². The molecule has 0 aliphatic heterocycles. The Kier molecular flexibility index (Phi) is 8.14. The number of nitrogens with two attached hydrogens (primary N) is 1. The molecule has 1 fully saturated rings. The minimum atomic E-state index is -0.741. The van der Waals surface area contributed by atoms with Gasteiger partial charge in [-0.05, 0) is 43.4 Å². The maximum absolute atomic E-state index is 12.2. The SMILES string of the molecule is CCCCCCCCCCCc1ccc(NC(=O)C2(C(=N)N)CC2)cc1. The molecule has 0 radical (unpaired) electrons. The van der Waals surface area contributed by atoms with Crippen LogP contribution in [0.5, 0.6) is 0 Å². The Morgan fingerprint density at radius 1 is 1.00 bits per heavy atom. The molecular formula is C22H35N3O. The van der Waals surface area contributed by atoms with Gasteiger partial charge in [-0.2, -0.15) is 0 Å². The zero-order valence-corrected chi connectivity index (χ0v) is 16.3. The summed E-state index contributed by atoms with van der Waals surface area (Å²) < 4.78 is 0. The first-order valence-electron chi connectivity index (χ1n) is 10.3. The summed E-state index contributed by atoms with van der Waals surface area (Å²) in [7, 11) is 0. The number of anilines is 1. The Bertz CT molecular complexity index is 576. The molecule has 26 heavy (non-hydrogen) atoms. The van der Waals surface area contributed by atoms with Crippen molar-refractivity contribution in [3.63, 3.8) is 0 Å². The second-order valence-electron chi connectivity index (χ2n) is 7.73. The molecule has 144 valence electrons. The van der Waals surface area contributed by atoms with E-state index in [9.17, 15) is 4.79 Å². The molecule has 0 aromatic heterocycles. The highest BCUT2D eigenvalue weighted by atomic mass is 16.2. The average molecular weight is 358 g/mol. The van der Waals surface area contributed by atoms with E-state index >= 15 is 0 Å². The van der Waals surface area contributed by atoms with E-state index in [-0.39, 0.29) is 11.7 Å². The molecule has 1 aliphatic carbocycles. The van der Waals surface area contributed by atoms with Gasteiger partial charge >= 0.3 is 0 Å². The number of carbonyl (C=O) groups is 1. The van der Waals surface area contributed by atoms with Crippen LogP contribution in [0, 0.1) is 10.8 Å². The third-order valence-electron chi connectivity index (χ3n) is 5.48. The van der Waals surface area contributed by atoms with Crippen molar-refractivity contribution in [2.24, 2.45) is 11.1 Å². The lowest BCUT2D eigenvalue weighted by Crippen LogP contribution is -2.35. The maximum Gasteiger partial charge on any atom is 0.238 e. The molecule has 2 rings (SSSR count). The zero-order valence-electron chi connectivity index (χ0n) is 16.3. The summed E-state index contributed by atoms with van der Waals surface area (Å²) in [6, 6.07) is 8.09. The van der Waals surface area contributed by atoms with Crippen LogP contribution in [0.4, 0.5) is 5.69 Å². The van der Waals surface area contributed by atoms with Gasteiger partial charge in [0, 0.05) is 5.69 Å². The third kappa shape index (κ3) is 6.15. The number of aryl methyl sites for hydroxylation is 1. The first kappa shape index (κ1) is 20.5. The second-order valence-corrected chi connectivity index (χ2v) is 7.73. The molecule has 0 unspecified atom stereocenters. The van der Waals surface area contributed by atoms with E-state index < -0.39 is 5.41 Å². The smallest absolute Gasteiger partial charge is 0.238 e. The van der Waals surface area contributed by atoms with Gasteiger partial charge < -0.3 is 11.1 Å². The van der Waals surface area contributed by atoms with Crippen LogP contribution >= 0.6 is 0 Å². The number of amidine groups is 1. The van der Waals surface area contributed by atoms with E-state index in [0.29, 0.717) is 12.8 Å². The highest BCUT2D eigenvalue weighted by Gasteiger charge is 2.53. The molecule has 4 N–H and O–H groups in total. The molecule has 0 atom stereocenters. The molecule has 4 nitrogen and oxygen atoms in total. The van der Waals surface area contributed by atoms with Crippen molar-refractivity contribution in [1.82, 2.24) is 0 Å². The minimum absolute atomic E-state index is 0.0167. The highest BCUT2D eigenvalue weighted by Crippen LogP contribution is 2.46. The number of unbranched alkanes of at least 4 members (excludes halogenated alkanes) is 8. The number of amides is 1. The van der Waals surface area contributed by atoms with Crippen molar-refractivity contribution >= 4 is 17.4 Å². The fraction of sp³-hybridized carbons (Fsp3) is 0.636. The zero-order chi connectivity index (χ0) is 18.8. The monoisotopic (exact) mass is 357 g/mol. The molecule has 1 saturated carbocycles. The summed E-state index contributed by atoms with van der Waals surface area (Å²) in [5, 5.41) is 10.5. The van der Waals surface area contributed by atoms with Crippen LogP contribution in [0.1, 0.15) is 83.1 Å². The molecular weight excluding hydrogens is 322 g/mol. The lowest BCUT2D eigenvalue weighted by atomic mass is 10.0. The van der Waals surface area contributed by atoms with Gasteiger partial charge in [0.1, 0.15) is 11.3 Å². The van der Waals surface area contributed by atoms with Crippen molar-refractivity contribution in [3.05, 3.63) is 29.8 Å². The number of hydrogen-bond acceptors (Lipinski definition) is 2. The Hall–Kier alpha value is -1.84. The predicted molar refractivity (Wildman–Crippen MR) is 110 cm³/mol. The van der Waals surface area contributed by atoms with Crippen LogP contribution in [0.3, 0.4) is 0 Å². The average Bonchev–Trinajstić information content (AvgIpc) is 3.44. The number of hydrogen-bond donors (Lipinski definition) is 3. The molecule has 1 amide bonds. The van der Waals surface area contributed by atoms with E-state index in [1.165, 1.54) is 63.4 Å². The molecule has 1 aromatic rings. The minimum Gasteiger partial charge on any atom is -0.387 e. The molecule has 0 saturated heterocycles. The Morgan fingerprint density at radius 3 is 2.04 bits per heavy atom. The Morgan fingerprint density at radius 2 is 1.54 bits per heavy atom. The third-order valence-corrected chi connectivity index (χ3v) is 5.48. The fourth-order valence-electron chi connectivity index (χ4n) is 3.39. The molecule has 0 bridgehead atoms. The summed E-state index contributed by atoms with van der Waals surface area (Å²) in [6.45, 7) is 2.26. The standard InChI is InChI=1S/C22H35N3O/c1-2-3-4-5-6-7-8-9-10-11-18-12-14-19(15-13-18)25-21(26)22(16-17-22)20(23)24/h12-15H,2-11,16-17H2,1H3,(H3,23,24)(H,25,26). The van der Waals surface area contributed by atoms with Crippen LogP contribution in [-0.2, 0) is 11.2 Å². The topological polar surface area (TPSA) is 79.0 Å². The van der Waals surface area contributed by atoms with Crippen molar-refractivity contribution in [2.45, 2.75) is 84.0 Å². The van der Waals surface area contributed by atoms with Gasteiger partial charge in [0.05, 0.1) is 0 Å². The van der Waals surface area contributed by atoms with Crippen LogP contribution in [0.2, 0.25) is 0 Å². The van der Waals surface area contributed by atoms with Gasteiger partial charge in [-0.25, -0.2) is 0 Å². The number of benzene rings is 1.